The fourth-order valence-corrected chi connectivity index (χ4v) is 1.17. The van der Waals surface area contributed by atoms with Crippen LogP contribution < -0.4 is 5.32 Å². The Kier molecular flexibility index (Phi) is 31.1. The van der Waals surface area contributed by atoms with Crippen LogP contribution in [0.5, 0.6) is 0 Å². The lowest BCUT2D eigenvalue weighted by atomic mass is 10.5. The lowest BCUT2D eigenvalue weighted by Gasteiger charge is -2.07. The Morgan fingerprint density at radius 3 is 1.42 bits per heavy atom. The van der Waals surface area contributed by atoms with E-state index in [4.69, 9.17) is 18.9 Å². The maximum atomic E-state index is 10.6. The summed E-state index contributed by atoms with van der Waals surface area (Å²) >= 11 is 0. The molecule has 0 bridgehead atoms. The number of nitrogens with one attached hydrogen (secondary N) is 1. The van der Waals surface area contributed by atoms with Crippen LogP contribution in [0, 0.1) is 0 Å². The Morgan fingerprint density at radius 1 is 0.667 bits per heavy atom. The number of carbonyl (C=O) groups is 2. The molecule has 0 aromatic carbocycles. The van der Waals surface area contributed by atoms with Crippen LogP contribution in [0.4, 0.5) is 0 Å². The van der Waals surface area contributed by atoms with E-state index in [1.165, 1.54) is 13.8 Å². The minimum Gasteiger partial charge on any atom is -0.377 e. The summed E-state index contributed by atoms with van der Waals surface area (Å²) in [6.45, 7) is 14.9. The molecule has 0 aliphatic heterocycles. The van der Waals surface area contributed by atoms with Gasteiger partial charge < -0.3 is 24.3 Å². The number of Topliss-reactive ketones (excluding diaryl/α,β-unsaturated/α-hetero) is 1. The van der Waals surface area contributed by atoms with Crippen molar-refractivity contribution in [3.63, 3.8) is 0 Å². The fraction of sp³-hybridized carbons (Fsp3) is 0.882. The summed E-state index contributed by atoms with van der Waals surface area (Å²) in [7, 11) is 0. The van der Waals surface area contributed by atoms with Gasteiger partial charge in [0.25, 0.3) is 0 Å². The molecule has 0 fully saturated rings. The molecule has 0 aliphatic carbocycles. The smallest absolute Gasteiger partial charge is 0.216 e. The highest BCUT2D eigenvalue weighted by Crippen LogP contribution is 1.83. The molecular weight excluding hydrogens is 314 g/mol. The summed E-state index contributed by atoms with van der Waals surface area (Å²) in [5.41, 5.74) is 0. The Balaban J connectivity index is -0.00000102. The van der Waals surface area contributed by atoms with E-state index in [1.54, 1.807) is 0 Å². The van der Waals surface area contributed by atoms with Crippen molar-refractivity contribution in [1.82, 2.24) is 5.32 Å². The quantitative estimate of drug-likeness (QED) is 0.481. The van der Waals surface area contributed by atoms with Crippen LogP contribution in [0.25, 0.3) is 0 Å². The molecule has 0 unspecified atom stereocenters. The molecule has 0 aromatic rings. The molecule has 146 valence electrons. The van der Waals surface area contributed by atoms with Crippen LogP contribution in [0.2, 0.25) is 0 Å². The highest BCUT2D eigenvalue weighted by Gasteiger charge is 1.95. The first-order valence-corrected chi connectivity index (χ1v) is 8.67. The van der Waals surface area contributed by atoms with E-state index in [0.717, 1.165) is 0 Å². The molecular formula is C17H37NO6. The number of ketones is 1. The number of rotatable bonds is 14. The van der Waals surface area contributed by atoms with Gasteiger partial charge in [0.15, 0.2) is 5.78 Å². The minimum atomic E-state index is -0.0609. The van der Waals surface area contributed by atoms with Crippen molar-refractivity contribution >= 4 is 11.7 Å². The van der Waals surface area contributed by atoms with Gasteiger partial charge in [0.1, 0.15) is 6.61 Å². The van der Waals surface area contributed by atoms with Crippen LogP contribution in [-0.2, 0) is 28.5 Å². The van der Waals surface area contributed by atoms with Gasteiger partial charge in [-0.3, -0.25) is 9.59 Å². The van der Waals surface area contributed by atoms with Gasteiger partial charge >= 0.3 is 0 Å². The SMILES string of the molecule is CC.CC.CC(=O)COCCOCCOCCOCCNC(C)=O. The number of hydrogen-bond acceptors (Lipinski definition) is 6. The van der Waals surface area contributed by atoms with Gasteiger partial charge in [-0.1, -0.05) is 27.7 Å². The largest absolute Gasteiger partial charge is 0.377 e. The number of ether oxygens (including phenoxy) is 4. The number of carbonyl (C=O) groups excluding carboxylic acids is 2. The normalized spacial score (nSPS) is 9.25. The third kappa shape index (κ3) is 32.8. The Hall–Kier alpha value is -1.02. The van der Waals surface area contributed by atoms with Crippen molar-refractivity contribution in [2.24, 2.45) is 0 Å². The second-order valence-electron chi connectivity index (χ2n) is 4.07. The third-order valence-corrected chi connectivity index (χ3v) is 2.04. The fourth-order valence-electron chi connectivity index (χ4n) is 1.17. The maximum absolute atomic E-state index is 10.6. The average Bonchev–Trinajstić information content (AvgIpc) is 2.58. The summed E-state index contributed by atoms with van der Waals surface area (Å²) in [4.78, 5) is 21.1. The van der Waals surface area contributed by atoms with Crippen molar-refractivity contribution in [3.8, 4) is 0 Å². The highest BCUT2D eigenvalue weighted by atomic mass is 16.6. The van der Waals surface area contributed by atoms with E-state index in [0.29, 0.717) is 52.8 Å². The Morgan fingerprint density at radius 2 is 1.04 bits per heavy atom. The molecule has 1 N–H and O–H groups in total. The lowest BCUT2D eigenvalue weighted by Crippen LogP contribution is -2.25. The van der Waals surface area contributed by atoms with Crippen LogP contribution in [0.1, 0.15) is 41.5 Å². The van der Waals surface area contributed by atoms with Gasteiger partial charge in [-0.15, -0.1) is 0 Å². The third-order valence-electron chi connectivity index (χ3n) is 2.04. The molecule has 7 nitrogen and oxygen atoms in total. The average molecular weight is 351 g/mol. The first kappa shape index (κ1) is 27.8. The monoisotopic (exact) mass is 351 g/mol. The van der Waals surface area contributed by atoms with Crippen molar-refractivity contribution < 1.29 is 28.5 Å². The zero-order chi connectivity index (χ0) is 19.1. The summed E-state index contributed by atoms with van der Waals surface area (Å²) in [5.74, 6) is -0.0545. The summed E-state index contributed by atoms with van der Waals surface area (Å²) < 4.78 is 20.8. The van der Waals surface area contributed by atoms with Gasteiger partial charge in [-0.2, -0.15) is 0 Å². The predicted octanol–water partition coefficient (Wildman–Crippen LogP) is 1.83. The van der Waals surface area contributed by atoms with Gasteiger partial charge in [-0.25, -0.2) is 0 Å². The van der Waals surface area contributed by atoms with Crippen molar-refractivity contribution in [1.29, 1.82) is 0 Å². The zero-order valence-electron chi connectivity index (χ0n) is 16.3. The Labute approximate surface area is 147 Å². The van der Waals surface area contributed by atoms with E-state index in [2.05, 4.69) is 5.32 Å². The van der Waals surface area contributed by atoms with Crippen LogP contribution in [-0.4, -0.2) is 71.1 Å². The molecule has 0 aliphatic rings. The Bertz CT molecular complexity index is 235. The van der Waals surface area contributed by atoms with Crippen LogP contribution in [0.3, 0.4) is 0 Å². The number of amides is 1. The maximum Gasteiger partial charge on any atom is 0.216 e. The van der Waals surface area contributed by atoms with Crippen molar-refractivity contribution in [3.05, 3.63) is 0 Å². The van der Waals surface area contributed by atoms with Crippen molar-refractivity contribution in [2.75, 3.05) is 59.4 Å². The van der Waals surface area contributed by atoms with Gasteiger partial charge in [-0.05, 0) is 6.92 Å². The molecule has 0 rings (SSSR count). The van der Waals surface area contributed by atoms with E-state index < -0.39 is 0 Å². The molecule has 24 heavy (non-hydrogen) atoms. The first-order valence-electron chi connectivity index (χ1n) is 8.67. The molecule has 0 atom stereocenters. The van der Waals surface area contributed by atoms with E-state index in [-0.39, 0.29) is 18.3 Å². The van der Waals surface area contributed by atoms with E-state index >= 15 is 0 Å². The summed E-state index contributed by atoms with van der Waals surface area (Å²) in [6, 6.07) is 0. The zero-order valence-corrected chi connectivity index (χ0v) is 16.3. The molecule has 1 amide bonds. The van der Waals surface area contributed by atoms with Crippen molar-refractivity contribution in [2.45, 2.75) is 41.5 Å². The van der Waals surface area contributed by atoms with Crippen LogP contribution >= 0.6 is 0 Å². The molecule has 0 radical (unpaired) electrons. The molecule has 0 spiro atoms. The lowest BCUT2D eigenvalue weighted by molar-refractivity contribution is -0.122. The second kappa shape index (κ2) is 26.9. The van der Waals surface area contributed by atoms with E-state index in [9.17, 15) is 9.59 Å². The topological polar surface area (TPSA) is 83.1 Å². The minimum absolute atomic E-state index is 0.00633. The second-order valence-corrected chi connectivity index (χ2v) is 4.07. The standard InChI is InChI=1S/C13H25NO6.2C2H6/c1-12(15)11-20-10-9-19-8-7-18-6-5-17-4-3-14-13(2)16;2*1-2/h3-11H2,1-2H3,(H,14,16);2*1-2H3. The molecule has 0 saturated heterocycles. The first-order chi connectivity index (χ1) is 11.6. The summed E-state index contributed by atoms with van der Waals surface area (Å²) in [5, 5.41) is 2.63. The molecule has 0 saturated carbocycles. The summed E-state index contributed by atoms with van der Waals surface area (Å²) in [6.07, 6.45) is 0. The van der Waals surface area contributed by atoms with Gasteiger partial charge in [0.2, 0.25) is 5.91 Å². The van der Waals surface area contributed by atoms with Crippen LogP contribution in [0.15, 0.2) is 0 Å². The van der Waals surface area contributed by atoms with Gasteiger partial charge in [0.05, 0.1) is 46.2 Å². The highest BCUT2D eigenvalue weighted by molar-refractivity contribution is 5.76. The predicted molar refractivity (Wildman–Crippen MR) is 95.3 cm³/mol. The molecule has 0 heterocycles. The molecule has 7 heteroatoms. The number of hydrogen-bond donors (Lipinski definition) is 1. The molecule has 0 aromatic heterocycles. The van der Waals surface area contributed by atoms with Gasteiger partial charge in [0, 0.05) is 13.5 Å². The van der Waals surface area contributed by atoms with E-state index in [1.807, 2.05) is 27.7 Å².